The molecular weight excluding hydrogens is 352 g/mol. The maximum Gasteiger partial charge on any atom is 0.318 e. The van der Waals surface area contributed by atoms with Gasteiger partial charge in [-0.15, -0.1) is 0 Å². The van der Waals surface area contributed by atoms with Gasteiger partial charge in [-0.05, 0) is 23.1 Å². The van der Waals surface area contributed by atoms with Crippen molar-refractivity contribution in [2.24, 2.45) is 5.73 Å². The molecule has 28 heavy (non-hydrogen) atoms. The summed E-state index contributed by atoms with van der Waals surface area (Å²) in [5.41, 5.74) is 9.89. The first-order valence-electron chi connectivity index (χ1n) is 9.79. The number of hydrogen-bond donors (Lipinski definition) is 2. The summed E-state index contributed by atoms with van der Waals surface area (Å²) >= 11 is 0. The lowest BCUT2D eigenvalue weighted by molar-refractivity contribution is -0.129. The zero-order valence-electron chi connectivity index (χ0n) is 15.9. The number of nitrogens with two attached hydrogens (primary N) is 1. The maximum absolute atomic E-state index is 12.6. The van der Waals surface area contributed by atoms with Crippen molar-refractivity contribution in [3.05, 3.63) is 71.3 Å². The lowest BCUT2D eigenvalue weighted by atomic mass is 9.95. The summed E-state index contributed by atoms with van der Waals surface area (Å²) in [5, 5.41) is 2.78. The SMILES string of the molecule is N[C@@H]1CN(C(=O)CNC(=O)N2CCc3ccccc3C2)C[C@H]1c1ccccc1. The van der Waals surface area contributed by atoms with Gasteiger partial charge in [-0.25, -0.2) is 4.79 Å². The minimum absolute atomic E-state index is 0.00517. The first-order chi connectivity index (χ1) is 13.6. The van der Waals surface area contributed by atoms with Crippen LogP contribution in [0.2, 0.25) is 0 Å². The highest BCUT2D eigenvalue weighted by molar-refractivity contribution is 5.84. The molecule has 1 saturated heterocycles. The van der Waals surface area contributed by atoms with Gasteiger partial charge >= 0.3 is 6.03 Å². The van der Waals surface area contributed by atoms with E-state index in [1.165, 1.54) is 11.1 Å². The van der Waals surface area contributed by atoms with E-state index in [1.54, 1.807) is 9.80 Å². The van der Waals surface area contributed by atoms with Crippen LogP contribution in [0.1, 0.15) is 22.6 Å². The molecule has 2 aliphatic rings. The summed E-state index contributed by atoms with van der Waals surface area (Å²) in [6, 6.07) is 18.0. The Bertz CT molecular complexity index is 855. The molecule has 1 fully saturated rings. The quantitative estimate of drug-likeness (QED) is 0.853. The number of nitrogens with zero attached hydrogens (tertiary/aromatic N) is 2. The van der Waals surface area contributed by atoms with Gasteiger partial charge in [0.2, 0.25) is 5.91 Å². The molecule has 0 saturated carbocycles. The van der Waals surface area contributed by atoms with Crippen LogP contribution < -0.4 is 11.1 Å². The molecule has 3 amide bonds. The summed E-state index contributed by atoms with van der Waals surface area (Å²) in [4.78, 5) is 28.6. The fraction of sp³-hybridized carbons (Fsp3) is 0.364. The molecule has 0 aromatic heterocycles. The molecule has 2 atom stereocenters. The number of carbonyl (C=O) groups excluding carboxylic acids is 2. The van der Waals surface area contributed by atoms with Gasteiger partial charge in [0, 0.05) is 38.1 Å². The Morgan fingerprint density at radius 1 is 0.964 bits per heavy atom. The molecule has 6 heteroatoms. The highest BCUT2D eigenvalue weighted by Gasteiger charge is 2.34. The number of nitrogens with one attached hydrogen (secondary N) is 1. The molecule has 2 aromatic rings. The van der Waals surface area contributed by atoms with Gasteiger partial charge < -0.3 is 20.9 Å². The van der Waals surface area contributed by atoms with Crippen LogP contribution in [0.25, 0.3) is 0 Å². The van der Waals surface area contributed by atoms with E-state index in [0.29, 0.717) is 26.2 Å². The van der Waals surface area contributed by atoms with Crippen molar-refractivity contribution >= 4 is 11.9 Å². The minimum Gasteiger partial charge on any atom is -0.339 e. The Balaban J connectivity index is 1.29. The summed E-state index contributed by atoms with van der Waals surface area (Å²) < 4.78 is 0. The van der Waals surface area contributed by atoms with E-state index >= 15 is 0 Å². The van der Waals surface area contributed by atoms with Gasteiger partial charge in [0.1, 0.15) is 0 Å². The summed E-state index contributed by atoms with van der Waals surface area (Å²) in [7, 11) is 0. The largest absolute Gasteiger partial charge is 0.339 e. The Morgan fingerprint density at radius 3 is 2.46 bits per heavy atom. The van der Waals surface area contributed by atoms with Crippen LogP contribution in [-0.4, -0.2) is 54.0 Å². The molecule has 146 valence electrons. The third-order valence-corrected chi connectivity index (χ3v) is 5.75. The van der Waals surface area contributed by atoms with Crippen LogP contribution in [0.4, 0.5) is 4.79 Å². The number of fused-ring (bicyclic) bond motifs is 1. The van der Waals surface area contributed by atoms with Crippen molar-refractivity contribution in [1.29, 1.82) is 0 Å². The third-order valence-electron chi connectivity index (χ3n) is 5.75. The molecule has 0 unspecified atom stereocenters. The van der Waals surface area contributed by atoms with Crippen LogP contribution in [0.5, 0.6) is 0 Å². The second-order valence-electron chi connectivity index (χ2n) is 7.58. The number of benzene rings is 2. The number of hydrogen-bond acceptors (Lipinski definition) is 3. The molecule has 0 radical (unpaired) electrons. The average molecular weight is 378 g/mol. The van der Waals surface area contributed by atoms with Gasteiger partial charge in [-0.2, -0.15) is 0 Å². The highest BCUT2D eigenvalue weighted by atomic mass is 16.2. The maximum atomic E-state index is 12.6. The molecule has 2 heterocycles. The Hall–Kier alpha value is -2.86. The Kier molecular flexibility index (Phi) is 5.30. The number of rotatable bonds is 3. The van der Waals surface area contributed by atoms with Crippen LogP contribution in [0.15, 0.2) is 54.6 Å². The standard InChI is InChI=1S/C22H26N4O2/c23-20-15-26(14-19(20)17-7-2-1-3-8-17)21(27)12-24-22(28)25-11-10-16-6-4-5-9-18(16)13-25/h1-9,19-20H,10-15,23H2,(H,24,28)/t19-,20+/m0/s1. The van der Waals surface area contributed by atoms with Crippen LogP contribution in [0, 0.1) is 0 Å². The normalized spacial score (nSPS) is 21.3. The van der Waals surface area contributed by atoms with E-state index < -0.39 is 0 Å². The molecular formula is C22H26N4O2. The van der Waals surface area contributed by atoms with E-state index in [1.807, 2.05) is 30.3 Å². The molecule has 4 rings (SSSR count). The van der Waals surface area contributed by atoms with Crippen molar-refractivity contribution in [3.63, 3.8) is 0 Å². The van der Waals surface area contributed by atoms with E-state index in [9.17, 15) is 9.59 Å². The van der Waals surface area contributed by atoms with Crippen molar-refractivity contribution < 1.29 is 9.59 Å². The first kappa shape index (κ1) is 18.5. The van der Waals surface area contributed by atoms with E-state index in [2.05, 4.69) is 29.6 Å². The fourth-order valence-corrected chi connectivity index (χ4v) is 4.13. The number of urea groups is 1. The molecule has 6 nitrogen and oxygen atoms in total. The molecule has 2 aromatic carbocycles. The lowest BCUT2D eigenvalue weighted by Gasteiger charge is -2.29. The number of carbonyl (C=O) groups is 2. The zero-order valence-corrected chi connectivity index (χ0v) is 15.9. The van der Waals surface area contributed by atoms with E-state index in [4.69, 9.17) is 5.73 Å². The summed E-state index contributed by atoms with van der Waals surface area (Å²) in [6.45, 7) is 2.37. The van der Waals surface area contributed by atoms with Crippen LogP contribution >= 0.6 is 0 Å². The fourth-order valence-electron chi connectivity index (χ4n) is 4.13. The Morgan fingerprint density at radius 2 is 1.68 bits per heavy atom. The third kappa shape index (κ3) is 3.87. The summed E-state index contributed by atoms with van der Waals surface area (Å²) in [6.07, 6.45) is 0.845. The number of likely N-dealkylation sites (tertiary alicyclic amines) is 1. The van der Waals surface area contributed by atoms with E-state index in [0.717, 1.165) is 12.0 Å². The predicted molar refractivity (Wildman–Crippen MR) is 108 cm³/mol. The topological polar surface area (TPSA) is 78.7 Å². The van der Waals surface area contributed by atoms with Crippen molar-refractivity contribution in [1.82, 2.24) is 15.1 Å². The van der Waals surface area contributed by atoms with Gasteiger partial charge in [0.25, 0.3) is 0 Å². The lowest BCUT2D eigenvalue weighted by Crippen LogP contribution is -2.46. The minimum atomic E-state index is -0.189. The van der Waals surface area contributed by atoms with E-state index in [-0.39, 0.29) is 30.4 Å². The average Bonchev–Trinajstić information content (AvgIpc) is 3.13. The van der Waals surface area contributed by atoms with Crippen LogP contribution in [-0.2, 0) is 17.8 Å². The molecule has 0 aliphatic carbocycles. The molecule has 0 bridgehead atoms. The van der Waals surface area contributed by atoms with Gasteiger partial charge in [0.15, 0.2) is 0 Å². The monoisotopic (exact) mass is 378 g/mol. The van der Waals surface area contributed by atoms with Crippen molar-refractivity contribution in [3.8, 4) is 0 Å². The second-order valence-corrected chi connectivity index (χ2v) is 7.58. The zero-order chi connectivity index (χ0) is 19.5. The smallest absolute Gasteiger partial charge is 0.318 e. The molecule has 2 aliphatic heterocycles. The first-order valence-corrected chi connectivity index (χ1v) is 9.79. The van der Waals surface area contributed by atoms with Crippen molar-refractivity contribution in [2.75, 3.05) is 26.2 Å². The number of amides is 3. The Labute approximate surface area is 165 Å². The van der Waals surface area contributed by atoms with Gasteiger partial charge in [0.05, 0.1) is 6.54 Å². The predicted octanol–water partition coefficient (Wildman–Crippen LogP) is 1.71. The van der Waals surface area contributed by atoms with Gasteiger partial charge in [-0.1, -0.05) is 54.6 Å². The molecule has 0 spiro atoms. The molecule has 3 N–H and O–H groups in total. The summed E-state index contributed by atoms with van der Waals surface area (Å²) in [5.74, 6) is 0.0547. The van der Waals surface area contributed by atoms with Crippen molar-refractivity contribution in [2.45, 2.75) is 24.9 Å². The highest BCUT2D eigenvalue weighted by Crippen LogP contribution is 2.26. The van der Waals surface area contributed by atoms with Gasteiger partial charge in [-0.3, -0.25) is 4.79 Å². The second kappa shape index (κ2) is 8.02. The van der Waals surface area contributed by atoms with Crippen LogP contribution in [0.3, 0.4) is 0 Å².